The van der Waals surface area contributed by atoms with Crippen LogP contribution in [0.25, 0.3) is 0 Å². The van der Waals surface area contributed by atoms with Gasteiger partial charge in [-0.2, -0.15) is 0 Å². The summed E-state index contributed by atoms with van der Waals surface area (Å²) < 4.78 is 13.9. The minimum Gasteiger partial charge on any atom is -0.357 e. The molecule has 2 aromatic carbocycles. The van der Waals surface area contributed by atoms with Gasteiger partial charge in [0.05, 0.1) is 6.42 Å². The molecule has 2 amide bonds. The number of hydrogen-bond acceptors (Lipinski definition) is 2. The molecular weight excluding hydrogens is 378 g/mol. The minimum atomic E-state index is -0.772. The number of amides is 2. The Balaban J connectivity index is 2.33. The zero-order chi connectivity index (χ0) is 19.3. The molecule has 0 aliphatic rings. The van der Waals surface area contributed by atoms with Crippen molar-refractivity contribution in [2.24, 2.45) is 0 Å². The van der Waals surface area contributed by atoms with Crippen LogP contribution in [0.1, 0.15) is 18.1 Å². The number of likely N-dealkylation sites (N-methyl/N-ethyl adjacent to an activating group) is 1. The fourth-order valence-electron chi connectivity index (χ4n) is 2.55. The first-order valence-corrected chi connectivity index (χ1v) is 8.78. The average Bonchev–Trinajstić information content (AvgIpc) is 2.62. The number of carbonyl (C=O) groups is 2. The van der Waals surface area contributed by atoms with Crippen LogP contribution in [0.5, 0.6) is 0 Å². The molecule has 138 valence electrons. The molecule has 2 rings (SSSR count). The van der Waals surface area contributed by atoms with E-state index in [9.17, 15) is 14.0 Å². The lowest BCUT2D eigenvalue weighted by Gasteiger charge is -2.29. The Hall–Kier alpha value is -2.11. The van der Waals surface area contributed by atoms with Gasteiger partial charge in [0.25, 0.3) is 0 Å². The van der Waals surface area contributed by atoms with Crippen LogP contribution in [0.3, 0.4) is 0 Å². The monoisotopic (exact) mass is 396 g/mol. The third kappa shape index (κ3) is 4.74. The van der Waals surface area contributed by atoms with Gasteiger partial charge in [0.1, 0.15) is 11.9 Å². The summed E-state index contributed by atoms with van der Waals surface area (Å²) >= 11 is 12.4. The second-order valence-corrected chi connectivity index (χ2v) is 6.59. The number of halogens is 3. The summed E-state index contributed by atoms with van der Waals surface area (Å²) in [5.41, 5.74) is 0.797. The van der Waals surface area contributed by atoms with Crippen molar-refractivity contribution in [2.45, 2.75) is 25.9 Å². The standard InChI is InChI=1S/C19H19Cl2FN2O2/c1-12(19(26)23-2)24(11-14-15(20)7-5-8-16(14)21)18(25)10-13-6-3-4-9-17(13)22/h3-9,12H,10-11H2,1-2H3,(H,23,26). The van der Waals surface area contributed by atoms with Crippen molar-refractivity contribution in [3.63, 3.8) is 0 Å². The maximum atomic E-state index is 13.9. The molecule has 0 radical (unpaired) electrons. The van der Waals surface area contributed by atoms with Crippen molar-refractivity contribution in [2.75, 3.05) is 7.05 Å². The molecule has 4 nitrogen and oxygen atoms in total. The molecule has 0 saturated heterocycles. The molecule has 0 aromatic heterocycles. The van der Waals surface area contributed by atoms with Crippen LogP contribution < -0.4 is 5.32 Å². The van der Waals surface area contributed by atoms with Gasteiger partial charge in [-0.3, -0.25) is 9.59 Å². The van der Waals surface area contributed by atoms with Crippen LogP contribution in [0.4, 0.5) is 4.39 Å². The van der Waals surface area contributed by atoms with Crippen molar-refractivity contribution >= 4 is 35.0 Å². The summed E-state index contributed by atoms with van der Waals surface area (Å²) in [7, 11) is 1.49. The smallest absolute Gasteiger partial charge is 0.242 e. The number of rotatable bonds is 6. The zero-order valence-electron chi connectivity index (χ0n) is 14.4. The SMILES string of the molecule is CNC(=O)C(C)N(Cc1c(Cl)cccc1Cl)C(=O)Cc1ccccc1F. The molecule has 1 atom stereocenters. The van der Waals surface area contributed by atoms with Gasteiger partial charge in [-0.05, 0) is 30.7 Å². The van der Waals surface area contributed by atoms with E-state index in [1.54, 1.807) is 43.3 Å². The van der Waals surface area contributed by atoms with Crippen LogP contribution >= 0.6 is 23.2 Å². The van der Waals surface area contributed by atoms with Gasteiger partial charge in [0.15, 0.2) is 0 Å². The second kappa shape index (κ2) is 9.01. The largest absolute Gasteiger partial charge is 0.357 e. The van der Waals surface area contributed by atoms with E-state index in [2.05, 4.69) is 5.32 Å². The summed E-state index contributed by atoms with van der Waals surface area (Å²) in [6, 6.07) is 10.3. The highest BCUT2D eigenvalue weighted by molar-refractivity contribution is 6.36. The second-order valence-electron chi connectivity index (χ2n) is 5.78. The highest BCUT2D eigenvalue weighted by Crippen LogP contribution is 2.27. The molecule has 0 heterocycles. The van der Waals surface area contributed by atoms with Gasteiger partial charge < -0.3 is 10.2 Å². The molecule has 0 saturated carbocycles. The van der Waals surface area contributed by atoms with E-state index in [0.29, 0.717) is 15.6 Å². The summed E-state index contributed by atoms with van der Waals surface area (Å²) in [5.74, 6) is -1.21. The van der Waals surface area contributed by atoms with Crippen LogP contribution in [0.2, 0.25) is 10.0 Å². The molecular formula is C19H19Cl2FN2O2. The van der Waals surface area contributed by atoms with Gasteiger partial charge in [0, 0.05) is 29.2 Å². The molecule has 1 N–H and O–H groups in total. The number of carbonyl (C=O) groups excluding carboxylic acids is 2. The van der Waals surface area contributed by atoms with Crippen molar-refractivity contribution in [1.29, 1.82) is 0 Å². The van der Waals surface area contributed by atoms with E-state index in [1.807, 2.05) is 0 Å². The Morgan fingerprint density at radius 3 is 2.31 bits per heavy atom. The van der Waals surface area contributed by atoms with Gasteiger partial charge in [-0.1, -0.05) is 47.5 Å². The van der Waals surface area contributed by atoms with Gasteiger partial charge in [-0.15, -0.1) is 0 Å². The summed E-state index contributed by atoms with van der Waals surface area (Å²) in [6.45, 7) is 1.64. The molecule has 26 heavy (non-hydrogen) atoms. The summed E-state index contributed by atoms with van der Waals surface area (Å²) in [4.78, 5) is 26.3. The van der Waals surface area contributed by atoms with Crippen molar-refractivity contribution in [1.82, 2.24) is 10.2 Å². The number of benzene rings is 2. The fourth-order valence-corrected chi connectivity index (χ4v) is 3.07. The van der Waals surface area contributed by atoms with Crippen molar-refractivity contribution < 1.29 is 14.0 Å². The van der Waals surface area contributed by atoms with Crippen LogP contribution in [-0.4, -0.2) is 29.8 Å². The third-order valence-electron chi connectivity index (χ3n) is 4.10. The van der Waals surface area contributed by atoms with E-state index >= 15 is 0 Å². The predicted molar refractivity (Wildman–Crippen MR) is 101 cm³/mol. The van der Waals surface area contributed by atoms with Crippen molar-refractivity contribution in [3.8, 4) is 0 Å². The lowest BCUT2D eigenvalue weighted by Crippen LogP contribution is -2.47. The van der Waals surface area contributed by atoms with Gasteiger partial charge in [-0.25, -0.2) is 4.39 Å². The van der Waals surface area contributed by atoms with E-state index < -0.39 is 17.8 Å². The normalized spacial score (nSPS) is 11.7. The molecule has 2 aromatic rings. The minimum absolute atomic E-state index is 0.0420. The molecule has 0 spiro atoms. The number of hydrogen-bond donors (Lipinski definition) is 1. The Labute approximate surface area is 161 Å². The van der Waals surface area contributed by atoms with E-state index in [0.717, 1.165) is 0 Å². The lowest BCUT2D eigenvalue weighted by atomic mass is 10.1. The average molecular weight is 397 g/mol. The molecule has 0 fully saturated rings. The van der Waals surface area contributed by atoms with Gasteiger partial charge >= 0.3 is 0 Å². The quantitative estimate of drug-likeness (QED) is 0.806. The molecule has 7 heteroatoms. The summed E-state index contributed by atoms with van der Waals surface area (Å²) in [5, 5.41) is 3.31. The Kier molecular flexibility index (Phi) is 7.00. The lowest BCUT2D eigenvalue weighted by molar-refractivity contribution is -0.139. The fraction of sp³-hybridized carbons (Fsp3) is 0.263. The first-order valence-electron chi connectivity index (χ1n) is 8.02. The highest BCUT2D eigenvalue weighted by Gasteiger charge is 2.27. The first kappa shape index (κ1) is 20.2. The molecule has 0 bridgehead atoms. The Morgan fingerprint density at radius 1 is 1.12 bits per heavy atom. The molecule has 1 unspecified atom stereocenters. The van der Waals surface area contributed by atoms with Crippen LogP contribution in [0.15, 0.2) is 42.5 Å². The topological polar surface area (TPSA) is 49.4 Å². The summed E-state index contributed by atoms with van der Waals surface area (Å²) in [6.07, 6.45) is -0.171. The van der Waals surface area contributed by atoms with E-state index in [4.69, 9.17) is 23.2 Å². The Morgan fingerprint density at radius 2 is 1.73 bits per heavy atom. The number of nitrogens with one attached hydrogen (secondary N) is 1. The number of nitrogens with zero attached hydrogens (tertiary/aromatic N) is 1. The maximum Gasteiger partial charge on any atom is 0.242 e. The van der Waals surface area contributed by atoms with Crippen LogP contribution in [0, 0.1) is 5.82 Å². The Bertz CT molecular complexity index is 794. The molecule has 0 aliphatic heterocycles. The third-order valence-corrected chi connectivity index (χ3v) is 4.81. The van der Waals surface area contributed by atoms with E-state index in [-0.39, 0.29) is 24.4 Å². The predicted octanol–water partition coefficient (Wildman–Crippen LogP) is 3.84. The maximum absolute atomic E-state index is 13.9. The van der Waals surface area contributed by atoms with Gasteiger partial charge in [0.2, 0.25) is 11.8 Å². The highest BCUT2D eigenvalue weighted by atomic mass is 35.5. The van der Waals surface area contributed by atoms with E-state index in [1.165, 1.54) is 18.0 Å². The first-order chi connectivity index (χ1) is 12.3. The zero-order valence-corrected chi connectivity index (χ0v) is 15.9. The molecule has 0 aliphatic carbocycles. The van der Waals surface area contributed by atoms with Crippen molar-refractivity contribution in [3.05, 3.63) is 69.5 Å². The van der Waals surface area contributed by atoms with Crippen LogP contribution in [-0.2, 0) is 22.6 Å².